The van der Waals surface area contributed by atoms with E-state index in [4.69, 9.17) is 4.43 Å². The Bertz CT molecular complexity index is 899. The fourth-order valence-corrected chi connectivity index (χ4v) is 4.29. The van der Waals surface area contributed by atoms with Crippen LogP contribution in [0.4, 0.5) is 0 Å². The molecular weight excluding hydrogens is 382 g/mol. The Morgan fingerprint density at radius 3 is 2.34 bits per heavy atom. The smallest absolute Gasteiger partial charge is 0.312 e. The fourth-order valence-electron chi connectivity index (χ4n) is 2.86. The minimum absolute atomic E-state index is 0.0135. The minimum Gasteiger partial charge on any atom is -0.481 e. The highest BCUT2D eigenvalue weighted by molar-refractivity contribution is 6.74. The van der Waals surface area contributed by atoms with Gasteiger partial charge in [0.25, 0.3) is 0 Å². The van der Waals surface area contributed by atoms with Crippen LogP contribution in [0.25, 0.3) is 17.0 Å². The summed E-state index contributed by atoms with van der Waals surface area (Å²) in [5, 5.41) is 20.5. The molecule has 0 aliphatic rings. The standard InChI is InChI=1S/C23H33NO4Si/c1-15(25)20-13-11-18-10-8-17(14-21(18)24-20)9-12-19(22(26)27)16(2)28-29(6,7)23(3,4)5/h8-16,19,25H,1-7H3,(H,26,27)/t15-,16+,19-/m1/s1. The molecule has 0 amide bonds. The monoisotopic (exact) mass is 415 g/mol. The molecule has 3 atom stereocenters. The van der Waals surface area contributed by atoms with Crippen LogP contribution in [0.1, 0.15) is 52.0 Å². The maximum Gasteiger partial charge on any atom is 0.312 e. The van der Waals surface area contributed by atoms with Gasteiger partial charge in [0.2, 0.25) is 0 Å². The molecule has 0 unspecified atom stereocenters. The van der Waals surface area contributed by atoms with E-state index >= 15 is 0 Å². The van der Waals surface area contributed by atoms with Crippen LogP contribution in [0.2, 0.25) is 18.1 Å². The van der Waals surface area contributed by atoms with Crippen molar-refractivity contribution in [3.05, 3.63) is 47.7 Å². The van der Waals surface area contributed by atoms with Crippen molar-refractivity contribution < 1.29 is 19.4 Å². The van der Waals surface area contributed by atoms with Gasteiger partial charge in [-0.05, 0) is 49.7 Å². The molecule has 0 bridgehead atoms. The Morgan fingerprint density at radius 1 is 1.17 bits per heavy atom. The van der Waals surface area contributed by atoms with Crippen molar-refractivity contribution in [2.45, 2.75) is 65.0 Å². The summed E-state index contributed by atoms with van der Waals surface area (Å²) in [6.45, 7) is 14.2. The molecule has 0 saturated heterocycles. The third kappa shape index (κ3) is 5.75. The van der Waals surface area contributed by atoms with Crippen molar-refractivity contribution in [3.63, 3.8) is 0 Å². The zero-order chi connectivity index (χ0) is 22.0. The van der Waals surface area contributed by atoms with E-state index in [-0.39, 0.29) is 5.04 Å². The number of rotatable bonds is 7. The number of carboxylic acid groups (broad SMARTS) is 1. The van der Waals surface area contributed by atoms with Gasteiger partial charge in [0.15, 0.2) is 8.32 Å². The minimum atomic E-state index is -2.07. The molecule has 158 valence electrons. The molecule has 0 saturated carbocycles. The van der Waals surface area contributed by atoms with Gasteiger partial charge in [-0.3, -0.25) is 9.78 Å². The molecule has 2 rings (SSSR count). The first-order valence-electron chi connectivity index (χ1n) is 9.99. The summed E-state index contributed by atoms with van der Waals surface area (Å²) in [5.41, 5.74) is 2.24. The van der Waals surface area contributed by atoms with Gasteiger partial charge in [0.1, 0.15) is 0 Å². The maximum atomic E-state index is 11.9. The largest absolute Gasteiger partial charge is 0.481 e. The third-order valence-corrected chi connectivity index (χ3v) is 10.3. The third-order valence-electron chi connectivity index (χ3n) is 5.74. The van der Waals surface area contributed by atoms with E-state index < -0.39 is 32.4 Å². The Hall–Kier alpha value is -2.02. The number of aliphatic carboxylic acids is 1. The van der Waals surface area contributed by atoms with Crippen molar-refractivity contribution in [1.82, 2.24) is 4.98 Å². The molecule has 1 aromatic heterocycles. The van der Waals surface area contributed by atoms with Crippen molar-refractivity contribution >= 4 is 31.3 Å². The summed E-state index contributed by atoms with van der Waals surface area (Å²) in [7, 11) is -2.07. The zero-order valence-electron chi connectivity index (χ0n) is 18.4. The molecule has 29 heavy (non-hydrogen) atoms. The van der Waals surface area contributed by atoms with Gasteiger partial charge in [0.05, 0.1) is 29.3 Å². The summed E-state index contributed by atoms with van der Waals surface area (Å²) in [5.74, 6) is -1.64. The maximum absolute atomic E-state index is 11.9. The Kier molecular flexibility index (Phi) is 7.04. The number of carbonyl (C=O) groups is 1. The molecule has 0 aliphatic carbocycles. The van der Waals surface area contributed by atoms with Crippen molar-refractivity contribution in [2.24, 2.45) is 5.92 Å². The van der Waals surface area contributed by atoms with Gasteiger partial charge < -0.3 is 14.6 Å². The molecule has 2 aromatic rings. The van der Waals surface area contributed by atoms with Gasteiger partial charge in [-0.15, -0.1) is 0 Å². The second kappa shape index (κ2) is 8.77. The van der Waals surface area contributed by atoms with Crippen molar-refractivity contribution in [2.75, 3.05) is 0 Å². The quantitative estimate of drug-likeness (QED) is 0.591. The molecule has 6 heteroatoms. The summed E-state index contributed by atoms with van der Waals surface area (Å²) >= 11 is 0. The predicted molar refractivity (Wildman–Crippen MR) is 120 cm³/mol. The van der Waals surface area contributed by atoms with Gasteiger partial charge in [0, 0.05) is 5.39 Å². The number of aliphatic hydroxyl groups is 1. The normalized spacial score (nSPS) is 16.1. The summed E-state index contributed by atoms with van der Waals surface area (Å²) in [6, 6.07) is 9.51. The van der Waals surface area contributed by atoms with Gasteiger partial charge in [-0.2, -0.15) is 0 Å². The van der Waals surface area contributed by atoms with Crippen LogP contribution in [0.15, 0.2) is 36.4 Å². The number of benzene rings is 1. The van der Waals surface area contributed by atoms with Crippen LogP contribution in [0.3, 0.4) is 0 Å². The first kappa shape index (κ1) is 23.3. The van der Waals surface area contributed by atoms with E-state index in [1.54, 1.807) is 19.1 Å². The summed E-state index contributed by atoms with van der Waals surface area (Å²) in [4.78, 5) is 16.4. The zero-order valence-corrected chi connectivity index (χ0v) is 19.4. The van der Waals surface area contributed by atoms with Crippen molar-refractivity contribution in [3.8, 4) is 0 Å². The van der Waals surface area contributed by atoms with Crippen molar-refractivity contribution in [1.29, 1.82) is 0 Å². The second-order valence-electron chi connectivity index (χ2n) is 9.17. The van der Waals surface area contributed by atoms with E-state index in [0.29, 0.717) is 5.69 Å². The lowest BCUT2D eigenvalue weighted by molar-refractivity contribution is -0.142. The van der Waals surface area contributed by atoms with Crippen LogP contribution >= 0.6 is 0 Å². The number of pyridine rings is 1. The Labute approximate surface area is 174 Å². The fraction of sp³-hybridized carbons (Fsp3) is 0.478. The lowest BCUT2D eigenvalue weighted by Gasteiger charge is -2.39. The molecule has 0 aliphatic heterocycles. The number of aliphatic hydroxyl groups excluding tert-OH is 1. The van der Waals surface area contributed by atoms with E-state index in [9.17, 15) is 15.0 Å². The average molecular weight is 416 g/mol. The number of fused-ring (bicyclic) bond motifs is 1. The summed E-state index contributed by atoms with van der Waals surface area (Å²) in [6.07, 6.45) is 2.44. The lowest BCUT2D eigenvalue weighted by Crippen LogP contribution is -2.45. The molecule has 0 radical (unpaired) electrons. The van der Waals surface area contributed by atoms with E-state index in [0.717, 1.165) is 16.5 Å². The Morgan fingerprint density at radius 2 is 1.79 bits per heavy atom. The number of hydrogen-bond acceptors (Lipinski definition) is 4. The number of nitrogens with zero attached hydrogens (tertiary/aromatic N) is 1. The molecule has 5 nitrogen and oxygen atoms in total. The van der Waals surface area contributed by atoms with Gasteiger partial charge >= 0.3 is 5.97 Å². The highest BCUT2D eigenvalue weighted by Crippen LogP contribution is 2.38. The highest BCUT2D eigenvalue weighted by atomic mass is 28.4. The number of aromatic nitrogens is 1. The topological polar surface area (TPSA) is 79.7 Å². The van der Waals surface area contributed by atoms with E-state index in [1.165, 1.54) is 0 Å². The van der Waals surface area contributed by atoms with Crippen LogP contribution in [0.5, 0.6) is 0 Å². The SMILES string of the molecule is C[C@H](O[Si](C)(C)C(C)(C)C)[C@@H](C=Cc1ccc2ccc([C@@H](C)O)nc2c1)C(=O)O. The predicted octanol–water partition coefficient (Wildman–Crippen LogP) is 5.41. The van der Waals surface area contributed by atoms with Crippen LogP contribution < -0.4 is 0 Å². The lowest BCUT2D eigenvalue weighted by atomic mass is 10.0. The Balaban J connectivity index is 2.27. The van der Waals surface area contributed by atoms with Crippen LogP contribution in [-0.2, 0) is 9.22 Å². The molecule has 0 fully saturated rings. The van der Waals surface area contributed by atoms with Gasteiger partial charge in [-0.1, -0.05) is 51.1 Å². The van der Waals surface area contributed by atoms with Gasteiger partial charge in [-0.25, -0.2) is 0 Å². The number of carboxylic acids is 1. The van der Waals surface area contributed by atoms with E-state index in [1.807, 2.05) is 37.3 Å². The highest BCUT2D eigenvalue weighted by Gasteiger charge is 2.40. The first-order valence-corrected chi connectivity index (χ1v) is 12.9. The van der Waals surface area contributed by atoms with Crippen LogP contribution in [-0.4, -0.2) is 35.6 Å². The van der Waals surface area contributed by atoms with E-state index in [2.05, 4.69) is 38.8 Å². The molecule has 0 spiro atoms. The summed E-state index contributed by atoms with van der Waals surface area (Å²) < 4.78 is 6.29. The second-order valence-corrected chi connectivity index (χ2v) is 13.9. The molecule has 2 N–H and O–H groups in total. The molecular formula is C23H33NO4Si. The molecule has 1 heterocycles. The number of hydrogen-bond donors (Lipinski definition) is 2. The average Bonchev–Trinajstić information content (AvgIpc) is 2.59. The molecule has 1 aromatic carbocycles. The first-order chi connectivity index (χ1) is 13.3. The van der Waals surface area contributed by atoms with Crippen LogP contribution in [0, 0.1) is 5.92 Å².